The fraction of sp³-hybridized carbons (Fsp3) is 0. The highest BCUT2D eigenvalue weighted by Gasteiger charge is 2.22. The third-order valence-corrected chi connectivity index (χ3v) is 7.23. The van der Waals surface area contributed by atoms with Crippen molar-refractivity contribution in [3.63, 3.8) is 0 Å². The fourth-order valence-corrected chi connectivity index (χ4v) is 5.32. The number of para-hydroxylation sites is 2. The zero-order chi connectivity index (χ0) is 27.2. The number of benzene rings is 4. The molecule has 0 saturated carbocycles. The molecule has 4 aromatic heterocycles. The van der Waals surface area contributed by atoms with Crippen molar-refractivity contribution in [3.05, 3.63) is 128 Å². The van der Waals surface area contributed by atoms with Crippen LogP contribution in [0.5, 0.6) is 0 Å². The summed E-state index contributed by atoms with van der Waals surface area (Å²) in [6.07, 6.45) is 3.65. The number of aromatic nitrogens is 5. The topological polar surface area (TPSA) is 77.6 Å². The quantitative estimate of drug-likeness (QED) is 0.229. The largest absolute Gasteiger partial charge is 0.454 e. The monoisotopic (exact) mass is 527 g/mol. The van der Waals surface area contributed by atoms with Crippen molar-refractivity contribution >= 4 is 32.8 Å². The van der Waals surface area contributed by atoms with Crippen LogP contribution in [0.1, 0.15) is 0 Å². The molecule has 8 rings (SSSR count). The molecule has 6 nitrogen and oxygen atoms in total. The van der Waals surface area contributed by atoms with Gasteiger partial charge in [0.15, 0.2) is 23.1 Å². The highest BCUT2D eigenvalue weighted by atomic mass is 16.3. The molecule has 8 aromatic rings. The second kappa shape index (κ2) is 9.47. The van der Waals surface area contributed by atoms with Crippen LogP contribution in [0.2, 0.25) is 0 Å². The van der Waals surface area contributed by atoms with Gasteiger partial charge in [-0.3, -0.25) is 9.97 Å². The first-order chi connectivity index (χ1) is 20.3. The molecule has 0 unspecified atom stereocenters. The number of fused-ring (bicyclic) bond motifs is 4. The molecule has 0 fully saturated rings. The predicted octanol–water partition coefficient (Wildman–Crippen LogP) is 8.38. The molecule has 0 saturated heterocycles. The molecular weight excluding hydrogens is 506 g/mol. The molecule has 0 N–H and O–H groups in total. The fourth-order valence-electron chi connectivity index (χ4n) is 5.32. The number of furan rings is 1. The molecule has 0 amide bonds. The van der Waals surface area contributed by atoms with E-state index in [1.165, 1.54) is 0 Å². The van der Waals surface area contributed by atoms with Crippen molar-refractivity contribution in [1.82, 2.24) is 24.9 Å². The van der Waals surface area contributed by atoms with Gasteiger partial charge < -0.3 is 4.42 Å². The van der Waals surface area contributed by atoms with E-state index in [0.717, 1.165) is 55.2 Å². The molecular formula is C35H21N5O. The minimum Gasteiger partial charge on any atom is -0.454 e. The average molecular weight is 528 g/mol. The summed E-state index contributed by atoms with van der Waals surface area (Å²) in [5, 5.41) is 2.91. The predicted molar refractivity (Wildman–Crippen MR) is 162 cm³/mol. The lowest BCUT2D eigenvalue weighted by molar-refractivity contribution is 0.668. The lowest BCUT2D eigenvalue weighted by Gasteiger charge is -2.11. The maximum atomic E-state index is 6.52. The van der Waals surface area contributed by atoms with Crippen LogP contribution < -0.4 is 0 Å². The van der Waals surface area contributed by atoms with Gasteiger partial charge in [0.05, 0.1) is 5.52 Å². The number of rotatable bonds is 4. The van der Waals surface area contributed by atoms with Gasteiger partial charge in [-0.05, 0) is 12.1 Å². The van der Waals surface area contributed by atoms with Gasteiger partial charge in [0, 0.05) is 50.8 Å². The molecule has 4 aromatic carbocycles. The van der Waals surface area contributed by atoms with E-state index < -0.39 is 0 Å². The van der Waals surface area contributed by atoms with E-state index in [1.807, 2.05) is 103 Å². The number of hydrogen-bond acceptors (Lipinski definition) is 6. The molecule has 0 aliphatic carbocycles. The van der Waals surface area contributed by atoms with Crippen molar-refractivity contribution < 1.29 is 4.42 Å². The summed E-state index contributed by atoms with van der Waals surface area (Å²) in [5.41, 5.74) is 6.54. The molecule has 4 heterocycles. The lowest BCUT2D eigenvalue weighted by Crippen LogP contribution is -2.01. The van der Waals surface area contributed by atoms with Crippen LogP contribution in [-0.2, 0) is 0 Å². The zero-order valence-corrected chi connectivity index (χ0v) is 21.8. The summed E-state index contributed by atoms with van der Waals surface area (Å²) < 4.78 is 6.52. The Balaban J connectivity index is 1.44. The van der Waals surface area contributed by atoms with Crippen LogP contribution in [0, 0.1) is 0 Å². The first kappa shape index (κ1) is 23.2. The van der Waals surface area contributed by atoms with Crippen molar-refractivity contribution in [2.45, 2.75) is 0 Å². The molecule has 0 atom stereocenters. The van der Waals surface area contributed by atoms with Crippen LogP contribution >= 0.6 is 0 Å². The molecule has 0 aliphatic heterocycles. The second-order valence-corrected chi connectivity index (χ2v) is 9.74. The van der Waals surface area contributed by atoms with E-state index in [-0.39, 0.29) is 0 Å². The summed E-state index contributed by atoms with van der Waals surface area (Å²) in [4.78, 5) is 24.4. The molecule has 0 radical (unpaired) electrons. The molecule has 41 heavy (non-hydrogen) atoms. The summed E-state index contributed by atoms with van der Waals surface area (Å²) in [6, 6.07) is 38.0. The Kier molecular flexibility index (Phi) is 5.35. The minimum absolute atomic E-state index is 0.532. The van der Waals surface area contributed by atoms with Crippen molar-refractivity contribution in [3.8, 4) is 45.4 Å². The van der Waals surface area contributed by atoms with E-state index in [1.54, 1.807) is 6.20 Å². The minimum atomic E-state index is 0.532. The van der Waals surface area contributed by atoms with Gasteiger partial charge >= 0.3 is 0 Å². The Morgan fingerprint density at radius 2 is 1.17 bits per heavy atom. The maximum Gasteiger partial charge on any atom is 0.166 e. The van der Waals surface area contributed by atoms with Gasteiger partial charge in [-0.1, -0.05) is 103 Å². The Bertz CT molecular complexity index is 2150. The van der Waals surface area contributed by atoms with Gasteiger partial charge in [0.1, 0.15) is 11.3 Å². The van der Waals surface area contributed by atoms with Gasteiger partial charge in [-0.15, -0.1) is 0 Å². The molecule has 6 heteroatoms. The molecule has 192 valence electrons. The van der Waals surface area contributed by atoms with Crippen LogP contribution in [0.15, 0.2) is 132 Å². The Morgan fingerprint density at radius 3 is 1.93 bits per heavy atom. The Morgan fingerprint density at radius 1 is 0.512 bits per heavy atom. The summed E-state index contributed by atoms with van der Waals surface area (Å²) in [7, 11) is 0. The number of hydrogen-bond donors (Lipinski definition) is 0. The van der Waals surface area contributed by atoms with E-state index in [2.05, 4.69) is 23.2 Å². The summed E-state index contributed by atoms with van der Waals surface area (Å²) in [5.74, 6) is 1.72. The lowest BCUT2D eigenvalue weighted by atomic mass is 10.0. The maximum absolute atomic E-state index is 6.52. The second-order valence-electron chi connectivity index (χ2n) is 9.74. The van der Waals surface area contributed by atoms with Gasteiger partial charge in [0.25, 0.3) is 0 Å². The summed E-state index contributed by atoms with van der Waals surface area (Å²) >= 11 is 0. The molecule has 0 aliphatic rings. The zero-order valence-electron chi connectivity index (χ0n) is 21.8. The summed E-state index contributed by atoms with van der Waals surface area (Å²) in [6.45, 7) is 0. The van der Waals surface area contributed by atoms with Gasteiger partial charge in [0.2, 0.25) is 0 Å². The van der Waals surface area contributed by atoms with E-state index >= 15 is 0 Å². The normalized spacial score (nSPS) is 11.4. The Labute approximate surface area is 235 Å². The third-order valence-electron chi connectivity index (χ3n) is 7.23. The first-order valence-corrected chi connectivity index (χ1v) is 13.4. The number of pyridine rings is 2. The average Bonchev–Trinajstić information content (AvgIpc) is 3.45. The first-order valence-electron chi connectivity index (χ1n) is 13.4. The SMILES string of the molecule is c1ccc(-c2nc(-c3ccccc3)nc(-c3cnc(-c4cccc5cccnc45)c4oc5ccccc5c34)n2)cc1. The van der Waals surface area contributed by atoms with Gasteiger partial charge in [-0.25, -0.2) is 15.0 Å². The van der Waals surface area contributed by atoms with Crippen LogP contribution in [0.25, 0.3) is 78.3 Å². The van der Waals surface area contributed by atoms with Crippen LogP contribution in [-0.4, -0.2) is 24.9 Å². The standard InChI is InChI=1S/C35H21N5O/c1-3-11-23(12-4-1)33-38-34(24-13-5-2-6-14-24)40-35(39-33)27-21-37-31(26-18-9-15-22-16-10-20-36-30(22)26)32-29(27)25-17-7-8-19-28(25)41-32/h1-21H. The Hall–Kier alpha value is -5.75. The van der Waals surface area contributed by atoms with Crippen LogP contribution in [0.4, 0.5) is 0 Å². The number of nitrogens with zero attached hydrogens (tertiary/aromatic N) is 5. The molecule has 0 spiro atoms. The highest BCUT2D eigenvalue weighted by molar-refractivity contribution is 6.16. The van der Waals surface area contributed by atoms with Crippen molar-refractivity contribution in [1.29, 1.82) is 0 Å². The van der Waals surface area contributed by atoms with E-state index in [4.69, 9.17) is 24.4 Å². The third kappa shape index (κ3) is 3.93. The van der Waals surface area contributed by atoms with Crippen molar-refractivity contribution in [2.75, 3.05) is 0 Å². The van der Waals surface area contributed by atoms with E-state index in [9.17, 15) is 0 Å². The van der Waals surface area contributed by atoms with E-state index in [0.29, 0.717) is 23.1 Å². The van der Waals surface area contributed by atoms with Crippen LogP contribution in [0.3, 0.4) is 0 Å². The smallest absolute Gasteiger partial charge is 0.166 e. The molecule has 0 bridgehead atoms. The van der Waals surface area contributed by atoms with Crippen molar-refractivity contribution in [2.24, 2.45) is 0 Å². The highest BCUT2D eigenvalue weighted by Crippen LogP contribution is 2.41. The van der Waals surface area contributed by atoms with Gasteiger partial charge in [-0.2, -0.15) is 0 Å².